The summed E-state index contributed by atoms with van der Waals surface area (Å²) < 4.78 is 9.99. The average Bonchev–Trinajstić information content (AvgIpc) is 2.40. The Kier molecular flexibility index (Phi) is 6.09. The smallest absolute Gasteiger partial charge is 0.341 e. The van der Waals surface area contributed by atoms with E-state index in [4.69, 9.17) is 9.47 Å². The van der Waals surface area contributed by atoms with Crippen LogP contribution in [0.1, 0.15) is 24.2 Å². The molecule has 1 aromatic rings. The summed E-state index contributed by atoms with van der Waals surface area (Å²) in [4.78, 5) is 23.2. The molecule has 0 radical (unpaired) electrons. The molecule has 4 nitrogen and oxygen atoms in total. The molecule has 4 heteroatoms. The van der Waals surface area contributed by atoms with Crippen LogP contribution >= 0.6 is 0 Å². The highest BCUT2D eigenvalue weighted by Crippen LogP contribution is 2.19. The van der Waals surface area contributed by atoms with E-state index in [1.54, 1.807) is 49.4 Å². The second-order valence-electron chi connectivity index (χ2n) is 3.52. The number of esters is 2. The van der Waals surface area contributed by atoms with Crippen molar-refractivity contribution < 1.29 is 19.1 Å². The Balaban J connectivity index is 2.83. The zero-order valence-corrected chi connectivity index (χ0v) is 11.0. The summed E-state index contributed by atoms with van der Waals surface area (Å²) in [6.45, 7) is 3.82. The minimum absolute atomic E-state index is 0.191. The number of hydrogen-bond acceptors (Lipinski definition) is 4. The minimum atomic E-state index is -0.546. The monoisotopic (exact) mass is 260 g/mol. The lowest BCUT2D eigenvalue weighted by atomic mass is 10.2. The number of carbonyl (C=O) groups excluding carboxylic acids is 2. The van der Waals surface area contributed by atoms with Crippen LogP contribution in [0.5, 0.6) is 5.75 Å². The fraction of sp³-hybridized carbons (Fsp3) is 0.200. The van der Waals surface area contributed by atoms with Crippen LogP contribution in [0, 0.1) is 0 Å². The third-order valence-electron chi connectivity index (χ3n) is 2.13. The number of allylic oxidation sites excluding steroid dienone is 3. The first-order chi connectivity index (χ1) is 9.19. The molecule has 0 unspecified atom stereocenters. The molecule has 0 amide bonds. The lowest BCUT2D eigenvalue weighted by Crippen LogP contribution is -2.10. The van der Waals surface area contributed by atoms with Gasteiger partial charge in [-0.2, -0.15) is 0 Å². The van der Waals surface area contributed by atoms with Gasteiger partial charge in [-0.25, -0.2) is 9.59 Å². The molecule has 0 spiro atoms. The quantitative estimate of drug-likeness (QED) is 0.353. The first-order valence-electron chi connectivity index (χ1n) is 5.96. The van der Waals surface area contributed by atoms with Gasteiger partial charge in [0.15, 0.2) is 0 Å². The Bertz CT molecular complexity index is 501. The second-order valence-corrected chi connectivity index (χ2v) is 3.52. The van der Waals surface area contributed by atoms with Crippen LogP contribution in [0.25, 0.3) is 0 Å². The summed E-state index contributed by atoms with van der Waals surface area (Å²) in [6, 6.07) is 6.46. The van der Waals surface area contributed by atoms with E-state index in [9.17, 15) is 9.59 Å². The van der Waals surface area contributed by atoms with Crippen molar-refractivity contribution in [2.75, 3.05) is 6.61 Å². The van der Waals surface area contributed by atoms with Crippen LogP contribution in [0.4, 0.5) is 0 Å². The molecule has 0 saturated carbocycles. The number of carbonyl (C=O) groups is 2. The summed E-state index contributed by atoms with van der Waals surface area (Å²) in [7, 11) is 0. The summed E-state index contributed by atoms with van der Waals surface area (Å²) >= 11 is 0. The molecule has 100 valence electrons. The standard InChI is InChI=1S/C15H16O4/c1-3-5-6-11-14(16)19-13-10-8-7-9-12(13)15(17)18-4-2/h3,5-11H,4H2,1-2H3/b5-3+,11-6+. The second kappa shape index (κ2) is 7.87. The maximum absolute atomic E-state index is 11.7. The molecule has 0 aliphatic heterocycles. The van der Waals surface area contributed by atoms with E-state index in [0.29, 0.717) is 0 Å². The van der Waals surface area contributed by atoms with E-state index in [1.165, 1.54) is 6.08 Å². The van der Waals surface area contributed by atoms with Crippen LogP contribution in [-0.4, -0.2) is 18.5 Å². The predicted octanol–water partition coefficient (Wildman–Crippen LogP) is 2.90. The van der Waals surface area contributed by atoms with Crippen molar-refractivity contribution in [2.45, 2.75) is 13.8 Å². The van der Waals surface area contributed by atoms with E-state index in [1.807, 2.05) is 6.92 Å². The van der Waals surface area contributed by atoms with Gasteiger partial charge in [0.05, 0.1) is 6.61 Å². The Morgan fingerprint density at radius 2 is 1.95 bits per heavy atom. The van der Waals surface area contributed by atoms with Crippen LogP contribution in [0.3, 0.4) is 0 Å². The largest absolute Gasteiger partial charge is 0.462 e. The highest BCUT2D eigenvalue weighted by atomic mass is 16.5. The number of para-hydroxylation sites is 1. The Morgan fingerprint density at radius 3 is 2.63 bits per heavy atom. The third-order valence-corrected chi connectivity index (χ3v) is 2.13. The number of benzene rings is 1. The maximum atomic E-state index is 11.7. The zero-order valence-electron chi connectivity index (χ0n) is 11.0. The van der Waals surface area contributed by atoms with Gasteiger partial charge < -0.3 is 9.47 Å². The van der Waals surface area contributed by atoms with Crippen molar-refractivity contribution in [1.29, 1.82) is 0 Å². The molecule has 0 aliphatic rings. The number of hydrogen-bond donors (Lipinski definition) is 0. The molecule has 0 N–H and O–H groups in total. The lowest BCUT2D eigenvalue weighted by molar-refractivity contribution is -0.129. The van der Waals surface area contributed by atoms with Gasteiger partial charge in [-0.05, 0) is 26.0 Å². The predicted molar refractivity (Wildman–Crippen MR) is 72.0 cm³/mol. The van der Waals surface area contributed by atoms with E-state index in [2.05, 4.69) is 0 Å². The summed E-state index contributed by atoms with van der Waals surface area (Å²) in [5.41, 5.74) is 0.233. The molecular formula is C15H16O4. The van der Waals surface area contributed by atoms with Crippen LogP contribution < -0.4 is 4.74 Å². The van der Waals surface area contributed by atoms with Gasteiger partial charge in [-0.15, -0.1) is 0 Å². The van der Waals surface area contributed by atoms with Crippen molar-refractivity contribution in [3.05, 3.63) is 54.1 Å². The maximum Gasteiger partial charge on any atom is 0.341 e. The Morgan fingerprint density at radius 1 is 1.21 bits per heavy atom. The van der Waals surface area contributed by atoms with Gasteiger partial charge in [0, 0.05) is 6.08 Å². The van der Waals surface area contributed by atoms with Crippen molar-refractivity contribution in [3.8, 4) is 5.75 Å². The lowest BCUT2D eigenvalue weighted by Gasteiger charge is -2.07. The van der Waals surface area contributed by atoms with Crippen molar-refractivity contribution in [2.24, 2.45) is 0 Å². The first-order valence-corrected chi connectivity index (χ1v) is 5.96. The highest BCUT2D eigenvalue weighted by molar-refractivity contribution is 5.94. The molecule has 19 heavy (non-hydrogen) atoms. The molecule has 0 saturated heterocycles. The molecule has 0 heterocycles. The molecule has 1 aromatic carbocycles. The molecule has 0 aliphatic carbocycles. The highest BCUT2D eigenvalue weighted by Gasteiger charge is 2.14. The molecule has 0 aromatic heterocycles. The SMILES string of the molecule is C/C=C/C=C/C(=O)Oc1ccccc1C(=O)OCC. The molecule has 1 rings (SSSR count). The zero-order chi connectivity index (χ0) is 14.1. The fourth-order valence-corrected chi connectivity index (χ4v) is 1.32. The summed E-state index contributed by atoms with van der Waals surface area (Å²) in [5, 5.41) is 0. The summed E-state index contributed by atoms with van der Waals surface area (Å²) in [5.74, 6) is -0.866. The Labute approximate surface area is 112 Å². The van der Waals surface area contributed by atoms with Gasteiger partial charge in [-0.3, -0.25) is 0 Å². The van der Waals surface area contributed by atoms with Crippen molar-refractivity contribution in [3.63, 3.8) is 0 Å². The first kappa shape index (κ1) is 14.7. The normalized spacial score (nSPS) is 10.8. The molecule has 0 bridgehead atoms. The van der Waals surface area contributed by atoms with Crippen molar-refractivity contribution >= 4 is 11.9 Å². The van der Waals surface area contributed by atoms with Crippen molar-refractivity contribution in [1.82, 2.24) is 0 Å². The Hall–Kier alpha value is -2.36. The summed E-state index contributed by atoms with van der Waals surface area (Å²) in [6.07, 6.45) is 6.34. The van der Waals surface area contributed by atoms with E-state index in [0.717, 1.165) is 0 Å². The fourth-order valence-electron chi connectivity index (χ4n) is 1.32. The number of ether oxygens (including phenoxy) is 2. The van der Waals surface area contributed by atoms with Gasteiger partial charge >= 0.3 is 11.9 Å². The van der Waals surface area contributed by atoms with E-state index < -0.39 is 11.9 Å². The van der Waals surface area contributed by atoms with Crippen LogP contribution in [0.2, 0.25) is 0 Å². The topological polar surface area (TPSA) is 52.6 Å². The molecule has 0 atom stereocenters. The van der Waals surface area contributed by atoms with Gasteiger partial charge in [-0.1, -0.05) is 30.4 Å². The van der Waals surface area contributed by atoms with Gasteiger partial charge in [0.25, 0.3) is 0 Å². The average molecular weight is 260 g/mol. The minimum Gasteiger partial charge on any atom is -0.462 e. The van der Waals surface area contributed by atoms with E-state index >= 15 is 0 Å². The molecular weight excluding hydrogens is 244 g/mol. The van der Waals surface area contributed by atoms with E-state index in [-0.39, 0.29) is 17.9 Å². The molecule has 0 fully saturated rings. The van der Waals surface area contributed by atoms with Gasteiger partial charge in [0.2, 0.25) is 0 Å². The van der Waals surface area contributed by atoms with Crippen LogP contribution in [0.15, 0.2) is 48.6 Å². The number of rotatable bonds is 5. The third kappa shape index (κ3) is 4.79. The van der Waals surface area contributed by atoms with Gasteiger partial charge in [0.1, 0.15) is 11.3 Å². The van der Waals surface area contributed by atoms with Crippen LogP contribution in [-0.2, 0) is 9.53 Å².